The smallest absolute Gasteiger partial charge is 0.258 e. The molecular weight excluding hydrogens is 264 g/mol. The molecule has 3 N–H and O–H groups in total. The van der Waals surface area contributed by atoms with Gasteiger partial charge in [-0.1, -0.05) is 36.4 Å². The van der Waals surface area contributed by atoms with Crippen molar-refractivity contribution in [2.75, 3.05) is 12.3 Å². The molecule has 2 aromatic carbocycles. The molecule has 1 aliphatic carbocycles. The van der Waals surface area contributed by atoms with Crippen LogP contribution in [0.3, 0.4) is 0 Å². The Kier molecular flexibility index (Phi) is 3.77. The van der Waals surface area contributed by atoms with E-state index in [1.54, 1.807) is 24.3 Å². The molecule has 2 unspecified atom stereocenters. The molecule has 1 fully saturated rings. The van der Waals surface area contributed by atoms with Crippen LogP contribution in [-0.2, 0) is 4.79 Å². The number of amides is 1. The van der Waals surface area contributed by atoms with Crippen molar-refractivity contribution in [2.45, 2.75) is 18.4 Å². The zero-order valence-electron chi connectivity index (χ0n) is 11.7. The van der Waals surface area contributed by atoms with Crippen molar-refractivity contribution >= 4 is 11.6 Å². The van der Waals surface area contributed by atoms with Crippen LogP contribution in [0.2, 0.25) is 0 Å². The van der Waals surface area contributed by atoms with E-state index in [9.17, 15) is 4.79 Å². The summed E-state index contributed by atoms with van der Waals surface area (Å²) in [5.41, 5.74) is 7.56. The van der Waals surface area contributed by atoms with Crippen LogP contribution in [0.25, 0.3) is 0 Å². The van der Waals surface area contributed by atoms with Gasteiger partial charge in [-0.25, -0.2) is 0 Å². The number of anilines is 1. The molecule has 0 spiro atoms. The highest BCUT2D eigenvalue weighted by Crippen LogP contribution is 2.40. The van der Waals surface area contributed by atoms with E-state index in [0.29, 0.717) is 17.4 Å². The Morgan fingerprint density at radius 3 is 2.76 bits per heavy atom. The van der Waals surface area contributed by atoms with Gasteiger partial charge in [0, 0.05) is 23.7 Å². The maximum atomic E-state index is 11.9. The second-order valence-corrected chi connectivity index (χ2v) is 5.29. The quantitative estimate of drug-likeness (QED) is 0.827. The SMILES string of the molecule is Nc1cccc(OCC(=O)NC2CC2c2ccccc2)c1. The van der Waals surface area contributed by atoms with Gasteiger partial charge in [-0.15, -0.1) is 0 Å². The molecule has 3 rings (SSSR count). The summed E-state index contributed by atoms with van der Waals surface area (Å²) < 4.78 is 5.43. The first kappa shape index (κ1) is 13.5. The highest BCUT2D eigenvalue weighted by atomic mass is 16.5. The van der Waals surface area contributed by atoms with Crippen LogP contribution in [0.15, 0.2) is 54.6 Å². The van der Waals surface area contributed by atoms with Crippen molar-refractivity contribution in [3.63, 3.8) is 0 Å². The summed E-state index contributed by atoms with van der Waals surface area (Å²) in [6, 6.07) is 17.5. The fraction of sp³-hybridized carbons (Fsp3) is 0.235. The summed E-state index contributed by atoms with van der Waals surface area (Å²) in [6.07, 6.45) is 0.994. The monoisotopic (exact) mass is 282 g/mol. The third-order valence-corrected chi connectivity index (χ3v) is 3.59. The lowest BCUT2D eigenvalue weighted by atomic mass is 10.1. The largest absolute Gasteiger partial charge is 0.484 e. The Bertz CT molecular complexity index is 628. The Morgan fingerprint density at radius 2 is 2.00 bits per heavy atom. The lowest BCUT2D eigenvalue weighted by Gasteiger charge is -2.08. The van der Waals surface area contributed by atoms with Crippen molar-refractivity contribution in [1.82, 2.24) is 5.32 Å². The molecule has 1 aliphatic rings. The van der Waals surface area contributed by atoms with Gasteiger partial charge in [0.15, 0.2) is 6.61 Å². The predicted molar refractivity (Wildman–Crippen MR) is 82.1 cm³/mol. The van der Waals surface area contributed by atoms with Crippen molar-refractivity contribution in [2.24, 2.45) is 0 Å². The maximum Gasteiger partial charge on any atom is 0.258 e. The molecule has 1 amide bonds. The number of rotatable bonds is 5. The summed E-state index contributed by atoms with van der Waals surface area (Å²) in [5.74, 6) is 0.948. The molecule has 108 valence electrons. The number of hydrogen-bond acceptors (Lipinski definition) is 3. The summed E-state index contributed by atoms with van der Waals surface area (Å²) in [5, 5.41) is 2.99. The van der Waals surface area contributed by atoms with Gasteiger partial charge in [-0.3, -0.25) is 4.79 Å². The lowest BCUT2D eigenvalue weighted by molar-refractivity contribution is -0.123. The van der Waals surface area contributed by atoms with Gasteiger partial charge < -0.3 is 15.8 Å². The molecule has 0 bridgehead atoms. The van der Waals surface area contributed by atoms with Crippen LogP contribution in [0.1, 0.15) is 17.9 Å². The van der Waals surface area contributed by atoms with Gasteiger partial charge in [-0.05, 0) is 24.1 Å². The molecule has 1 saturated carbocycles. The topological polar surface area (TPSA) is 64.3 Å². The molecular formula is C17H18N2O2. The van der Waals surface area contributed by atoms with Crippen LogP contribution < -0.4 is 15.8 Å². The standard InChI is InChI=1S/C17H18N2O2/c18-13-7-4-8-14(9-13)21-11-17(20)19-16-10-15(16)12-5-2-1-3-6-12/h1-9,15-16H,10-11,18H2,(H,19,20). The summed E-state index contributed by atoms with van der Waals surface area (Å²) >= 11 is 0. The normalized spacial score (nSPS) is 19.8. The number of carbonyl (C=O) groups excluding carboxylic acids is 1. The average Bonchev–Trinajstić information content (AvgIpc) is 3.25. The number of ether oxygens (including phenoxy) is 1. The molecule has 2 atom stereocenters. The lowest BCUT2D eigenvalue weighted by Crippen LogP contribution is -2.31. The van der Waals surface area contributed by atoms with E-state index in [2.05, 4.69) is 17.4 Å². The van der Waals surface area contributed by atoms with E-state index < -0.39 is 0 Å². The van der Waals surface area contributed by atoms with Crippen molar-refractivity contribution in [3.8, 4) is 5.75 Å². The Morgan fingerprint density at radius 1 is 1.19 bits per heavy atom. The third-order valence-electron chi connectivity index (χ3n) is 3.59. The van der Waals surface area contributed by atoms with E-state index in [-0.39, 0.29) is 18.6 Å². The fourth-order valence-corrected chi connectivity index (χ4v) is 2.42. The van der Waals surface area contributed by atoms with E-state index in [4.69, 9.17) is 10.5 Å². The number of nitrogens with two attached hydrogens (primary N) is 1. The molecule has 21 heavy (non-hydrogen) atoms. The Labute approximate surface area is 123 Å². The first-order valence-electron chi connectivity index (χ1n) is 7.05. The van der Waals surface area contributed by atoms with Gasteiger partial charge in [0.25, 0.3) is 5.91 Å². The molecule has 0 aliphatic heterocycles. The summed E-state index contributed by atoms with van der Waals surface area (Å²) in [4.78, 5) is 11.9. The summed E-state index contributed by atoms with van der Waals surface area (Å²) in [6.45, 7) is 0.0153. The average molecular weight is 282 g/mol. The minimum Gasteiger partial charge on any atom is -0.484 e. The van der Waals surface area contributed by atoms with Crippen LogP contribution in [0.5, 0.6) is 5.75 Å². The second kappa shape index (κ2) is 5.87. The molecule has 0 saturated heterocycles. The molecule has 2 aromatic rings. The maximum absolute atomic E-state index is 11.9. The third kappa shape index (κ3) is 3.54. The van der Waals surface area contributed by atoms with Crippen molar-refractivity contribution in [1.29, 1.82) is 0 Å². The minimum atomic E-state index is -0.0964. The highest BCUT2D eigenvalue weighted by Gasteiger charge is 2.39. The first-order chi connectivity index (χ1) is 10.2. The number of benzene rings is 2. The van der Waals surface area contributed by atoms with Crippen molar-refractivity contribution < 1.29 is 9.53 Å². The van der Waals surface area contributed by atoms with E-state index in [1.165, 1.54) is 5.56 Å². The zero-order valence-corrected chi connectivity index (χ0v) is 11.7. The van der Waals surface area contributed by atoms with Gasteiger partial charge in [0.1, 0.15) is 5.75 Å². The second-order valence-electron chi connectivity index (χ2n) is 5.29. The Hall–Kier alpha value is -2.49. The minimum absolute atomic E-state index is 0.0153. The number of nitrogens with one attached hydrogen (secondary N) is 1. The molecule has 4 heteroatoms. The van der Waals surface area contributed by atoms with Crippen molar-refractivity contribution in [3.05, 3.63) is 60.2 Å². The van der Waals surface area contributed by atoms with E-state index in [1.807, 2.05) is 18.2 Å². The van der Waals surface area contributed by atoms with E-state index >= 15 is 0 Å². The van der Waals surface area contributed by atoms with Gasteiger partial charge in [-0.2, -0.15) is 0 Å². The predicted octanol–water partition coefficient (Wildman–Crippen LogP) is 2.32. The van der Waals surface area contributed by atoms with Crippen LogP contribution >= 0.6 is 0 Å². The van der Waals surface area contributed by atoms with Gasteiger partial charge in [0.05, 0.1) is 0 Å². The van der Waals surface area contributed by atoms with Crippen LogP contribution in [-0.4, -0.2) is 18.6 Å². The van der Waals surface area contributed by atoms with E-state index in [0.717, 1.165) is 6.42 Å². The zero-order chi connectivity index (χ0) is 14.7. The number of nitrogen functional groups attached to an aromatic ring is 1. The Balaban J connectivity index is 1.46. The molecule has 4 nitrogen and oxygen atoms in total. The highest BCUT2D eigenvalue weighted by molar-refractivity contribution is 5.78. The van der Waals surface area contributed by atoms with Gasteiger partial charge >= 0.3 is 0 Å². The number of hydrogen-bond donors (Lipinski definition) is 2. The fourth-order valence-electron chi connectivity index (χ4n) is 2.42. The number of carbonyl (C=O) groups is 1. The molecule has 0 heterocycles. The molecule has 0 aromatic heterocycles. The van der Waals surface area contributed by atoms with Gasteiger partial charge in [0.2, 0.25) is 0 Å². The van der Waals surface area contributed by atoms with Crippen LogP contribution in [0.4, 0.5) is 5.69 Å². The first-order valence-corrected chi connectivity index (χ1v) is 7.05. The summed E-state index contributed by atoms with van der Waals surface area (Å²) in [7, 11) is 0. The van der Waals surface area contributed by atoms with Crippen LogP contribution in [0, 0.1) is 0 Å². The molecule has 0 radical (unpaired) electrons.